The minimum atomic E-state index is -3.44. The summed E-state index contributed by atoms with van der Waals surface area (Å²) in [5, 5.41) is 1.24. The van der Waals surface area contributed by atoms with Crippen molar-refractivity contribution in [2.75, 3.05) is 20.7 Å². The van der Waals surface area contributed by atoms with E-state index in [1.165, 1.54) is 9.71 Å². The van der Waals surface area contributed by atoms with Crippen LogP contribution < -0.4 is 4.74 Å². The van der Waals surface area contributed by atoms with Crippen LogP contribution >= 0.6 is 0 Å². The summed E-state index contributed by atoms with van der Waals surface area (Å²) in [4.78, 5) is 0. The molecule has 0 aromatic heterocycles. The van der Waals surface area contributed by atoms with E-state index in [0.29, 0.717) is 13.0 Å². The summed E-state index contributed by atoms with van der Waals surface area (Å²) in [5.41, 5.74) is 1.85. The summed E-state index contributed by atoms with van der Waals surface area (Å²) >= 11 is 0. The number of likely N-dealkylation sites (N-methyl/N-ethyl adjacent to an activating group) is 1. The Morgan fingerprint density at radius 2 is 1.70 bits per heavy atom. The molecule has 0 saturated carbocycles. The molecule has 0 spiro atoms. The van der Waals surface area contributed by atoms with Gasteiger partial charge in [0.1, 0.15) is 5.75 Å². The molecule has 0 aliphatic carbocycles. The molecular formula is C18H21NO3S. The minimum Gasteiger partial charge on any atom is -0.496 e. The maximum Gasteiger partial charge on any atom is 0.235 e. The fraction of sp³-hybridized carbons (Fsp3) is 0.222. The molecule has 0 unspecified atom stereocenters. The lowest BCUT2D eigenvalue weighted by Crippen LogP contribution is -2.27. The van der Waals surface area contributed by atoms with Gasteiger partial charge in [-0.1, -0.05) is 48.5 Å². The van der Waals surface area contributed by atoms with Crippen molar-refractivity contribution in [3.05, 3.63) is 71.1 Å². The Hall–Kier alpha value is -2.11. The molecule has 0 amide bonds. The Kier molecular flexibility index (Phi) is 5.96. The van der Waals surface area contributed by atoms with Crippen LogP contribution in [0.1, 0.15) is 11.1 Å². The maximum absolute atomic E-state index is 12.3. The number of nitrogens with zero attached hydrogens (tertiary/aromatic N) is 1. The number of benzene rings is 2. The fourth-order valence-electron chi connectivity index (χ4n) is 2.15. The van der Waals surface area contributed by atoms with E-state index < -0.39 is 10.0 Å². The van der Waals surface area contributed by atoms with Gasteiger partial charge in [-0.25, -0.2) is 12.7 Å². The SMILES string of the molecule is COc1ccccc1CCN(C)S(=O)(=O)C=Cc1ccccc1. The topological polar surface area (TPSA) is 46.6 Å². The highest BCUT2D eigenvalue weighted by molar-refractivity contribution is 7.92. The van der Waals surface area contributed by atoms with Crippen LogP contribution in [0.3, 0.4) is 0 Å². The van der Waals surface area contributed by atoms with Crippen LogP contribution in [0.25, 0.3) is 6.08 Å². The Labute approximate surface area is 138 Å². The molecule has 0 heterocycles. The standard InChI is InChI=1S/C18H21NO3S/c1-19(14-12-17-10-6-7-11-18(17)22-2)23(20,21)15-13-16-8-4-3-5-9-16/h3-11,13,15H,12,14H2,1-2H3. The Bertz CT molecular complexity index is 755. The van der Waals surface area contributed by atoms with Crippen LogP contribution in [0.4, 0.5) is 0 Å². The molecule has 4 nitrogen and oxygen atoms in total. The molecule has 23 heavy (non-hydrogen) atoms. The van der Waals surface area contributed by atoms with Gasteiger partial charge in [-0.2, -0.15) is 0 Å². The number of methoxy groups -OCH3 is 1. The van der Waals surface area contributed by atoms with Crippen LogP contribution in [-0.4, -0.2) is 33.4 Å². The summed E-state index contributed by atoms with van der Waals surface area (Å²) in [7, 11) is -0.240. The largest absolute Gasteiger partial charge is 0.496 e. The second-order valence-corrected chi connectivity index (χ2v) is 7.07. The third-order valence-electron chi connectivity index (χ3n) is 3.56. The van der Waals surface area contributed by atoms with Crippen molar-refractivity contribution >= 4 is 16.1 Å². The van der Waals surface area contributed by atoms with Gasteiger partial charge in [0.05, 0.1) is 7.11 Å². The van der Waals surface area contributed by atoms with Gasteiger partial charge in [-0.05, 0) is 29.7 Å². The number of rotatable bonds is 7. The van der Waals surface area contributed by atoms with Crippen molar-refractivity contribution in [1.29, 1.82) is 0 Å². The first-order valence-electron chi connectivity index (χ1n) is 7.34. The van der Waals surface area contributed by atoms with Crippen molar-refractivity contribution in [3.8, 4) is 5.75 Å². The lowest BCUT2D eigenvalue weighted by molar-refractivity contribution is 0.406. The predicted molar refractivity (Wildman–Crippen MR) is 93.7 cm³/mol. The highest BCUT2D eigenvalue weighted by Gasteiger charge is 2.14. The zero-order valence-corrected chi connectivity index (χ0v) is 14.2. The molecule has 0 aliphatic heterocycles. The van der Waals surface area contributed by atoms with E-state index in [2.05, 4.69) is 0 Å². The molecule has 0 N–H and O–H groups in total. The van der Waals surface area contributed by atoms with Gasteiger partial charge in [0.25, 0.3) is 0 Å². The van der Waals surface area contributed by atoms with Crippen LogP contribution in [0.5, 0.6) is 5.75 Å². The molecule has 0 radical (unpaired) electrons. The van der Waals surface area contributed by atoms with Crippen molar-refractivity contribution < 1.29 is 13.2 Å². The van der Waals surface area contributed by atoms with Gasteiger partial charge in [-0.3, -0.25) is 0 Å². The monoisotopic (exact) mass is 331 g/mol. The Morgan fingerprint density at radius 3 is 2.39 bits per heavy atom. The lowest BCUT2D eigenvalue weighted by atomic mass is 10.1. The van der Waals surface area contributed by atoms with E-state index in [1.54, 1.807) is 20.2 Å². The number of sulfonamides is 1. The van der Waals surface area contributed by atoms with Crippen molar-refractivity contribution in [3.63, 3.8) is 0 Å². The average Bonchev–Trinajstić information content (AvgIpc) is 2.59. The smallest absolute Gasteiger partial charge is 0.235 e. The predicted octanol–water partition coefficient (Wildman–Crippen LogP) is 3.17. The zero-order chi connectivity index (χ0) is 16.7. The van der Waals surface area contributed by atoms with Crippen molar-refractivity contribution in [1.82, 2.24) is 4.31 Å². The molecule has 0 saturated heterocycles. The van der Waals surface area contributed by atoms with Gasteiger partial charge >= 0.3 is 0 Å². The first kappa shape index (κ1) is 17.2. The van der Waals surface area contributed by atoms with E-state index in [1.807, 2.05) is 54.6 Å². The lowest BCUT2D eigenvalue weighted by Gasteiger charge is -2.15. The molecule has 5 heteroatoms. The van der Waals surface area contributed by atoms with E-state index >= 15 is 0 Å². The zero-order valence-electron chi connectivity index (χ0n) is 13.3. The number of para-hydroxylation sites is 1. The van der Waals surface area contributed by atoms with Gasteiger partial charge < -0.3 is 4.74 Å². The van der Waals surface area contributed by atoms with Gasteiger partial charge in [-0.15, -0.1) is 0 Å². The van der Waals surface area contributed by atoms with Crippen LogP contribution in [0, 0.1) is 0 Å². The molecule has 0 bridgehead atoms. The molecule has 2 rings (SSSR count). The Morgan fingerprint density at radius 1 is 1.04 bits per heavy atom. The van der Waals surface area contributed by atoms with E-state index in [4.69, 9.17) is 4.74 Å². The summed E-state index contributed by atoms with van der Waals surface area (Å²) in [5.74, 6) is 0.776. The summed E-state index contributed by atoms with van der Waals surface area (Å²) < 4.78 is 31.2. The second kappa shape index (κ2) is 7.94. The maximum atomic E-state index is 12.3. The third kappa shape index (κ3) is 4.94. The average molecular weight is 331 g/mol. The van der Waals surface area contributed by atoms with Gasteiger partial charge in [0.2, 0.25) is 10.0 Å². The molecule has 122 valence electrons. The number of ether oxygens (including phenoxy) is 1. The van der Waals surface area contributed by atoms with Crippen molar-refractivity contribution in [2.24, 2.45) is 0 Å². The number of hydrogen-bond donors (Lipinski definition) is 0. The second-order valence-electron chi connectivity index (χ2n) is 5.14. The molecule has 0 fully saturated rings. The van der Waals surface area contributed by atoms with Gasteiger partial charge in [0.15, 0.2) is 0 Å². The first-order chi connectivity index (χ1) is 11.0. The van der Waals surface area contributed by atoms with E-state index in [-0.39, 0.29) is 0 Å². The van der Waals surface area contributed by atoms with E-state index in [9.17, 15) is 8.42 Å². The normalized spacial score (nSPS) is 12.0. The Balaban J connectivity index is 2.01. The third-order valence-corrected chi connectivity index (χ3v) is 5.09. The highest BCUT2D eigenvalue weighted by atomic mass is 32.2. The molecule has 2 aromatic carbocycles. The van der Waals surface area contributed by atoms with Crippen LogP contribution in [-0.2, 0) is 16.4 Å². The minimum absolute atomic E-state index is 0.391. The van der Waals surface area contributed by atoms with Crippen molar-refractivity contribution in [2.45, 2.75) is 6.42 Å². The first-order valence-corrected chi connectivity index (χ1v) is 8.84. The highest BCUT2D eigenvalue weighted by Crippen LogP contribution is 2.18. The summed E-state index contributed by atoms with van der Waals surface area (Å²) in [6.45, 7) is 0.391. The number of hydrogen-bond acceptors (Lipinski definition) is 3. The molecule has 0 aliphatic rings. The van der Waals surface area contributed by atoms with Gasteiger partial charge in [0, 0.05) is 19.0 Å². The summed E-state index contributed by atoms with van der Waals surface area (Å²) in [6, 6.07) is 17.0. The van der Waals surface area contributed by atoms with E-state index in [0.717, 1.165) is 16.9 Å². The molecule has 0 atom stereocenters. The quantitative estimate of drug-likeness (QED) is 0.783. The molecule has 2 aromatic rings. The molecular weight excluding hydrogens is 310 g/mol. The van der Waals surface area contributed by atoms with Crippen LogP contribution in [0.15, 0.2) is 60.0 Å². The fourth-order valence-corrected chi connectivity index (χ4v) is 3.03. The summed E-state index contributed by atoms with van der Waals surface area (Å²) in [6.07, 6.45) is 2.20. The van der Waals surface area contributed by atoms with Crippen LogP contribution in [0.2, 0.25) is 0 Å².